The molecule has 8 heteroatoms. The minimum Gasteiger partial charge on any atom is -0.455 e. The summed E-state index contributed by atoms with van der Waals surface area (Å²) in [7, 11) is 0. The molecule has 0 spiro atoms. The average Bonchev–Trinajstić information content (AvgIpc) is 2.81. The maximum Gasteiger partial charge on any atom is 0.342 e. The van der Waals surface area contributed by atoms with Gasteiger partial charge in [0.1, 0.15) is 24.2 Å². The highest BCUT2D eigenvalue weighted by Crippen LogP contribution is 2.29. The third-order valence-electron chi connectivity index (χ3n) is 3.01. The lowest BCUT2D eigenvalue weighted by molar-refractivity contribution is 0.0476. The molecular formula is C12H9ClN4O3. The van der Waals surface area contributed by atoms with Crippen molar-refractivity contribution in [3.05, 3.63) is 46.5 Å². The zero-order chi connectivity index (χ0) is 14.3. The number of nitrogens with zero attached hydrogens (tertiary/aromatic N) is 3. The molecule has 7 nitrogen and oxygen atoms in total. The minimum atomic E-state index is -0.528. The van der Waals surface area contributed by atoms with Crippen molar-refractivity contribution in [2.75, 3.05) is 0 Å². The van der Waals surface area contributed by atoms with Crippen molar-refractivity contribution in [1.82, 2.24) is 9.55 Å². The van der Waals surface area contributed by atoms with Crippen LogP contribution in [0, 0.1) is 0 Å². The molecule has 102 valence electrons. The van der Waals surface area contributed by atoms with Gasteiger partial charge in [-0.2, -0.15) is 0 Å². The van der Waals surface area contributed by atoms with Crippen LogP contribution in [0.2, 0.25) is 5.02 Å². The Hall–Kier alpha value is -2.54. The van der Waals surface area contributed by atoms with Gasteiger partial charge < -0.3 is 15.7 Å². The lowest BCUT2D eigenvalue weighted by Gasteiger charge is -2.07. The number of amidine groups is 1. The van der Waals surface area contributed by atoms with Crippen LogP contribution in [-0.4, -0.2) is 26.6 Å². The molecule has 1 aliphatic heterocycles. The molecule has 0 aliphatic carbocycles. The predicted molar refractivity (Wildman–Crippen MR) is 70.2 cm³/mol. The second-order valence-electron chi connectivity index (χ2n) is 4.11. The van der Waals surface area contributed by atoms with Crippen LogP contribution in [0.15, 0.2) is 29.7 Å². The normalized spacial score (nSPS) is 14.2. The summed E-state index contributed by atoms with van der Waals surface area (Å²) >= 11 is 6.05. The highest BCUT2D eigenvalue weighted by molar-refractivity contribution is 6.34. The van der Waals surface area contributed by atoms with Crippen molar-refractivity contribution in [3.8, 4) is 5.69 Å². The Labute approximate surface area is 118 Å². The van der Waals surface area contributed by atoms with Crippen LogP contribution >= 0.6 is 11.6 Å². The molecule has 20 heavy (non-hydrogen) atoms. The molecule has 1 aromatic heterocycles. The van der Waals surface area contributed by atoms with Crippen molar-refractivity contribution in [2.45, 2.75) is 6.61 Å². The molecule has 3 rings (SSSR count). The Morgan fingerprint density at radius 3 is 3.10 bits per heavy atom. The molecule has 1 aliphatic rings. The number of halogens is 1. The molecule has 0 radical (unpaired) electrons. The number of carbonyl (C=O) groups excluding carboxylic acids is 1. The number of hydrogen-bond donors (Lipinski definition) is 2. The van der Waals surface area contributed by atoms with Gasteiger partial charge in [0, 0.05) is 0 Å². The summed E-state index contributed by atoms with van der Waals surface area (Å²) < 4.78 is 6.79. The van der Waals surface area contributed by atoms with E-state index in [4.69, 9.17) is 27.3 Å². The van der Waals surface area contributed by atoms with E-state index in [-0.39, 0.29) is 23.7 Å². The zero-order valence-corrected chi connectivity index (χ0v) is 10.8. The molecule has 0 atom stereocenters. The summed E-state index contributed by atoms with van der Waals surface area (Å²) in [6.45, 7) is -0.0462. The molecule has 0 saturated carbocycles. The fourth-order valence-electron chi connectivity index (χ4n) is 2.10. The van der Waals surface area contributed by atoms with E-state index >= 15 is 0 Å². The highest BCUT2D eigenvalue weighted by atomic mass is 35.5. The summed E-state index contributed by atoms with van der Waals surface area (Å²) in [5.41, 5.74) is 7.12. The first-order valence-corrected chi connectivity index (χ1v) is 6.01. The third kappa shape index (κ3) is 1.71. The Kier molecular flexibility index (Phi) is 2.83. The molecule has 2 heterocycles. The number of imidazole rings is 1. The fraction of sp³-hybridized carbons (Fsp3) is 0.0833. The van der Waals surface area contributed by atoms with Gasteiger partial charge in [-0.3, -0.25) is 4.57 Å². The number of ether oxygens (including phenoxy) is 1. The van der Waals surface area contributed by atoms with E-state index in [0.29, 0.717) is 16.4 Å². The number of fused-ring (bicyclic) bond motifs is 3. The van der Waals surface area contributed by atoms with Crippen LogP contribution in [-0.2, 0) is 11.3 Å². The molecule has 0 unspecified atom stereocenters. The Morgan fingerprint density at radius 1 is 1.55 bits per heavy atom. The summed E-state index contributed by atoms with van der Waals surface area (Å²) in [5.74, 6) is -0.681. The second kappa shape index (κ2) is 4.53. The van der Waals surface area contributed by atoms with Crippen LogP contribution < -0.4 is 5.73 Å². The van der Waals surface area contributed by atoms with Gasteiger partial charge >= 0.3 is 5.97 Å². The smallest absolute Gasteiger partial charge is 0.342 e. The summed E-state index contributed by atoms with van der Waals surface area (Å²) in [6, 6.07) is 5.04. The van der Waals surface area contributed by atoms with Crippen LogP contribution in [0.3, 0.4) is 0 Å². The van der Waals surface area contributed by atoms with E-state index < -0.39 is 5.97 Å². The SMILES string of the molecule is NC(=NO)c1ncn2c1COC(=O)c1c(Cl)cccc1-2. The van der Waals surface area contributed by atoms with E-state index in [1.807, 2.05) is 0 Å². The number of esters is 1. The number of aromatic nitrogens is 2. The first-order chi connectivity index (χ1) is 9.63. The lowest BCUT2D eigenvalue weighted by atomic mass is 10.1. The fourth-order valence-corrected chi connectivity index (χ4v) is 2.35. The van der Waals surface area contributed by atoms with Gasteiger partial charge in [0.15, 0.2) is 5.84 Å². The first kappa shape index (κ1) is 12.5. The van der Waals surface area contributed by atoms with Gasteiger partial charge in [0.2, 0.25) is 0 Å². The number of oxime groups is 1. The number of benzene rings is 1. The molecule has 0 saturated heterocycles. The number of rotatable bonds is 1. The second-order valence-corrected chi connectivity index (χ2v) is 4.51. The van der Waals surface area contributed by atoms with E-state index in [0.717, 1.165) is 0 Å². The van der Waals surface area contributed by atoms with Crippen molar-refractivity contribution in [1.29, 1.82) is 0 Å². The number of carbonyl (C=O) groups is 1. The standard InChI is InChI=1S/C12H9ClN4O3/c13-6-2-1-3-7-9(6)12(18)20-4-8-10(11(14)16-19)15-5-17(7)8/h1-3,5,19H,4H2,(H2,14,16). The Balaban J connectivity index is 2.29. The molecular weight excluding hydrogens is 284 g/mol. The van der Waals surface area contributed by atoms with E-state index in [1.54, 1.807) is 22.8 Å². The maximum absolute atomic E-state index is 12.0. The summed E-state index contributed by atoms with van der Waals surface area (Å²) in [4.78, 5) is 16.1. The highest BCUT2D eigenvalue weighted by Gasteiger charge is 2.26. The minimum absolute atomic E-state index is 0.0462. The van der Waals surface area contributed by atoms with Gasteiger partial charge in [0.25, 0.3) is 0 Å². The van der Waals surface area contributed by atoms with Gasteiger partial charge in [-0.1, -0.05) is 22.8 Å². The van der Waals surface area contributed by atoms with Crippen molar-refractivity contribution in [3.63, 3.8) is 0 Å². The first-order valence-electron chi connectivity index (χ1n) is 5.63. The monoisotopic (exact) mass is 292 g/mol. The molecule has 0 fully saturated rings. The van der Waals surface area contributed by atoms with Crippen LogP contribution in [0.1, 0.15) is 21.7 Å². The van der Waals surface area contributed by atoms with Crippen LogP contribution in [0.25, 0.3) is 5.69 Å². The van der Waals surface area contributed by atoms with Gasteiger partial charge in [-0.05, 0) is 12.1 Å². The quantitative estimate of drug-likeness (QED) is 0.271. The van der Waals surface area contributed by atoms with E-state index in [1.165, 1.54) is 6.33 Å². The third-order valence-corrected chi connectivity index (χ3v) is 3.33. The van der Waals surface area contributed by atoms with Gasteiger partial charge in [-0.25, -0.2) is 9.78 Å². The molecule has 1 aromatic carbocycles. The van der Waals surface area contributed by atoms with E-state index in [9.17, 15) is 4.79 Å². The van der Waals surface area contributed by atoms with Gasteiger partial charge in [0.05, 0.1) is 16.4 Å². The molecule has 3 N–H and O–H groups in total. The molecule has 0 bridgehead atoms. The molecule has 0 amide bonds. The number of cyclic esters (lactones) is 1. The summed E-state index contributed by atoms with van der Waals surface area (Å²) in [6.07, 6.45) is 1.47. The number of nitrogens with two attached hydrogens (primary N) is 1. The van der Waals surface area contributed by atoms with Crippen molar-refractivity contribution >= 4 is 23.4 Å². The molecule has 2 aromatic rings. The van der Waals surface area contributed by atoms with Crippen molar-refractivity contribution < 1.29 is 14.7 Å². The Bertz CT molecular complexity index is 738. The topological polar surface area (TPSA) is 103 Å². The average molecular weight is 293 g/mol. The van der Waals surface area contributed by atoms with Crippen LogP contribution in [0.5, 0.6) is 0 Å². The Morgan fingerprint density at radius 2 is 2.35 bits per heavy atom. The largest absolute Gasteiger partial charge is 0.455 e. The van der Waals surface area contributed by atoms with Crippen LogP contribution in [0.4, 0.5) is 0 Å². The number of hydrogen-bond acceptors (Lipinski definition) is 5. The maximum atomic E-state index is 12.0. The zero-order valence-electron chi connectivity index (χ0n) is 10.1. The van der Waals surface area contributed by atoms with Crippen molar-refractivity contribution in [2.24, 2.45) is 10.9 Å². The summed E-state index contributed by atoms with van der Waals surface area (Å²) in [5, 5.41) is 12.0. The predicted octanol–water partition coefficient (Wildman–Crippen LogP) is 1.29. The lowest BCUT2D eigenvalue weighted by Crippen LogP contribution is -2.17. The van der Waals surface area contributed by atoms with Gasteiger partial charge in [-0.15, -0.1) is 0 Å². The van der Waals surface area contributed by atoms with E-state index in [2.05, 4.69) is 10.1 Å².